The molecule has 5 aromatic rings. The summed E-state index contributed by atoms with van der Waals surface area (Å²) in [7, 11) is 2.55. The summed E-state index contributed by atoms with van der Waals surface area (Å²) < 4.78 is 11.1. The van der Waals surface area contributed by atoms with Crippen molar-refractivity contribution in [1.29, 1.82) is 0 Å². The summed E-state index contributed by atoms with van der Waals surface area (Å²) in [6.07, 6.45) is 0. The number of carbonyl (C=O) groups is 6. The maximum absolute atomic E-state index is 13.5. The molecule has 0 aliphatic heterocycles. The quantitative estimate of drug-likeness (QED) is 0.0375. The van der Waals surface area contributed by atoms with Gasteiger partial charge in [-0.1, -0.05) is 59.6 Å². The Balaban J connectivity index is 1.31. The van der Waals surface area contributed by atoms with Gasteiger partial charge in [0, 0.05) is 11.4 Å². The van der Waals surface area contributed by atoms with Gasteiger partial charge < -0.3 is 30.7 Å². The Morgan fingerprint density at radius 2 is 0.879 bits per heavy atom. The molecule has 0 saturated heterocycles. The number of hydrogen-bond acceptors (Lipinski definition) is 12. The second-order valence-electron chi connectivity index (χ2n) is 14.3. The van der Waals surface area contributed by atoms with Crippen LogP contribution in [0.4, 0.5) is 34.1 Å². The molecule has 4 N–H and O–H groups in total. The lowest BCUT2D eigenvalue weighted by molar-refractivity contribution is -0.127. The minimum absolute atomic E-state index is 0.0156. The molecule has 66 heavy (non-hydrogen) atoms. The molecule has 0 fully saturated rings. The third kappa shape index (κ3) is 12.5. The molecule has 0 aliphatic rings. The first kappa shape index (κ1) is 50.3. The number of ketones is 2. The fraction of sp³-hybridized carbons (Fsp3) is 0.217. The molecule has 0 saturated carbocycles. The van der Waals surface area contributed by atoms with Crippen LogP contribution in [-0.2, 0) is 19.2 Å². The minimum Gasteiger partial charge on any atom is -0.491 e. The fourth-order valence-electron chi connectivity index (χ4n) is 6.25. The molecule has 342 valence electrons. The van der Waals surface area contributed by atoms with Gasteiger partial charge in [-0.15, -0.1) is 23.2 Å². The molecule has 0 radical (unpaired) electrons. The first-order chi connectivity index (χ1) is 31.4. The van der Waals surface area contributed by atoms with E-state index in [1.54, 1.807) is 62.4 Å². The third-order valence-electron chi connectivity index (χ3n) is 9.54. The van der Waals surface area contributed by atoms with Crippen molar-refractivity contribution in [3.8, 4) is 11.5 Å². The van der Waals surface area contributed by atoms with E-state index in [0.717, 1.165) is 13.8 Å². The summed E-state index contributed by atoms with van der Waals surface area (Å²) in [5, 5.41) is 26.2. The average molecular weight is 977 g/mol. The molecule has 5 rings (SSSR count). The molecule has 0 bridgehead atoms. The van der Waals surface area contributed by atoms with Crippen LogP contribution < -0.4 is 30.7 Å². The van der Waals surface area contributed by atoms with Gasteiger partial charge in [0.2, 0.25) is 12.1 Å². The first-order valence-corrected chi connectivity index (χ1v) is 21.4. The number of ether oxygens (including phenoxy) is 2. The van der Waals surface area contributed by atoms with Crippen LogP contribution in [-0.4, -0.2) is 61.5 Å². The van der Waals surface area contributed by atoms with Crippen LogP contribution in [0.2, 0.25) is 10.0 Å². The lowest BCUT2D eigenvalue weighted by Crippen LogP contribution is -2.32. The van der Waals surface area contributed by atoms with Crippen molar-refractivity contribution in [3.63, 3.8) is 0 Å². The molecule has 20 heteroatoms. The summed E-state index contributed by atoms with van der Waals surface area (Å²) in [4.78, 5) is 79.0. The number of azo groups is 2. The largest absolute Gasteiger partial charge is 0.491 e. The third-order valence-corrected chi connectivity index (χ3v) is 10.7. The second kappa shape index (κ2) is 22.9. The number of carbonyl (C=O) groups excluding carboxylic acids is 6. The molecule has 0 spiro atoms. The first-order valence-electron chi connectivity index (χ1n) is 19.8. The Labute approximate surface area is 399 Å². The molecule has 5 aromatic carbocycles. The molecule has 4 unspecified atom stereocenters. The summed E-state index contributed by atoms with van der Waals surface area (Å²) >= 11 is 25.3. The van der Waals surface area contributed by atoms with Gasteiger partial charge in [0.1, 0.15) is 0 Å². The predicted octanol–water partition coefficient (Wildman–Crippen LogP) is 11.5. The van der Waals surface area contributed by atoms with Crippen LogP contribution in [0.3, 0.4) is 0 Å². The van der Waals surface area contributed by atoms with Crippen LogP contribution in [0.1, 0.15) is 70.3 Å². The van der Waals surface area contributed by atoms with E-state index in [-0.39, 0.29) is 66.2 Å². The van der Waals surface area contributed by atoms with E-state index in [1.165, 1.54) is 62.8 Å². The number of nitrogens with one attached hydrogen (secondary N) is 4. The zero-order valence-corrected chi connectivity index (χ0v) is 39.1. The van der Waals surface area contributed by atoms with Crippen molar-refractivity contribution in [2.75, 3.05) is 35.5 Å². The molecule has 4 atom stereocenters. The molecule has 0 heterocycles. The molecule has 4 amide bonds. The second-order valence-corrected chi connectivity index (χ2v) is 16.4. The highest BCUT2D eigenvalue weighted by Gasteiger charge is 2.29. The summed E-state index contributed by atoms with van der Waals surface area (Å²) in [5.74, 6) is -4.41. The standard InChI is InChI=1S/C46H42Cl4N8O8/c1-23(47)29-11-7-9-13-35(29)51-43(61)31-21-27(15-17-33(31)49)55-57-39(25(3)59)45(63)53-37-19-20-38(42(66-6)41(37)65-5)54-46(64)40(26(4)60)58-56-28-16-18-34(50)32(22-28)44(62)52-36-14-10-8-12-30(36)24(2)48/h7-24,39-40H,1-6H3,(H,51,61)(H,52,62)(H,53,63)(H,54,64). The number of benzene rings is 5. The zero-order chi connectivity index (χ0) is 48.2. The van der Waals surface area contributed by atoms with Gasteiger partial charge in [-0.05, 0) is 99.5 Å². The average Bonchev–Trinajstić information content (AvgIpc) is 3.27. The summed E-state index contributed by atoms with van der Waals surface area (Å²) in [5.41, 5.74) is 2.72. The Kier molecular flexibility index (Phi) is 17.5. The number of rotatable bonds is 18. The van der Waals surface area contributed by atoms with Gasteiger partial charge in [-0.3, -0.25) is 28.8 Å². The summed E-state index contributed by atoms with van der Waals surface area (Å²) in [6, 6.07) is 21.9. The fourth-order valence-corrected chi connectivity index (χ4v) is 7.03. The number of methoxy groups -OCH3 is 2. The highest BCUT2D eigenvalue weighted by molar-refractivity contribution is 6.35. The zero-order valence-electron chi connectivity index (χ0n) is 36.1. The van der Waals surface area contributed by atoms with E-state index in [1.807, 2.05) is 0 Å². The molecule has 16 nitrogen and oxygen atoms in total. The van der Waals surface area contributed by atoms with Crippen molar-refractivity contribution in [2.45, 2.75) is 50.5 Å². The number of amides is 4. The molecular formula is C46H42Cl4N8O8. The lowest BCUT2D eigenvalue weighted by atomic mass is 10.1. The van der Waals surface area contributed by atoms with Crippen molar-refractivity contribution in [3.05, 3.63) is 129 Å². The number of alkyl halides is 2. The van der Waals surface area contributed by atoms with Gasteiger partial charge in [-0.25, -0.2) is 0 Å². The van der Waals surface area contributed by atoms with Gasteiger partial charge in [0.15, 0.2) is 23.1 Å². The van der Waals surface area contributed by atoms with E-state index in [2.05, 4.69) is 41.7 Å². The Morgan fingerprint density at radius 3 is 1.21 bits per heavy atom. The van der Waals surface area contributed by atoms with Crippen LogP contribution >= 0.6 is 46.4 Å². The molecule has 0 aromatic heterocycles. The normalized spacial score (nSPS) is 13.0. The van der Waals surface area contributed by atoms with Crippen molar-refractivity contribution in [1.82, 2.24) is 0 Å². The van der Waals surface area contributed by atoms with Gasteiger partial charge >= 0.3 is 0 Å². The lowest BCUT2D eigenvalue weighted by Gasteiger charge is -2.19. The van der Waals surface area contributed by atoms with Crippen LogP contribution in [0.25, 0.3) is 0 Å². The van der Waals surface area contributed by atoms with E-state index in [9.17, 15) is 28.8 Å². The molecule has 0 aliphatic carbocycles. The topological polar surface area (TPSA) is 218 Å². The predicted molar refractivity (Wildman–Crippen MR) is 255 cm³/mol. The Hall–Kier alpha value is -6.72. The Bertz CT molecular complexity index is 2560. The van der Waals surface area contributed by atoms with E-state index in [0.29, 0.717) is 22.5 Å². The maximum Gasteiger partial charge on any atom is 0.258 e. The highest BCUT2D eigenvalue weighted by Crippen LogP contribution is 2.42. The maximum atomic E-state index is 13.5. The van der Waals surface area contributed by atoms with Crippen LogP contribution in [0.5, 0.6) is 11.5 Å². The van der Waals surface area contributed by atoms with Crippen LogP contribution in [0, 0.1) is 0 Å². The SMILES string of the molecule is COc1c(NC(=O)C(N=Nc2ccc(Cl)c(C(=O)Nc3ccccc3C(C)Cl)c2)C(C)=O)ccc(NC(=O)C(N=Nc2ccc(Cl)c(C(=O)Nc3ccccc3C(C)Cl)c2)C(C)=O)c1OC. The van der Waals surface area contributed by atoms with E-state index < -0.39 is 47.3 Å². The minimum atomic E-state index is -1.66. The van der Waals surface area contributed by atoms with Gasteiger partial charge in [0.25, 0.3) is 23.6 Å². The van der Waals surface area contributed by atoms with E-state index >= 15 is 0 Å². The highest BCUT2D eigenvalue weighted by atomic mass is 35.5. The smallest absolute Gasteiger partial charge is 0.258 e. The van der Waals surface area contributed by atoms with Gasteiger partial charge in [-0.2, -0.15) is 20.5 Å². The van der Waals surface area contributed by atoms with E-state index in [4.69, 9.17) is 55.9 Å². The van der Waals surface area contributed by atoms with Crippen molar-refractivity contribution < 1.29 is 38.2 Å². The monoisotopic (exact) mass is 974 g/mol. The number of hydrogen-bond donors (Lipinski definition) is 4. The van der Waals surface area contributed by atoms with Crippen LogP contribution in [0.15, 0.2) is 118 Å². The summed E-state index contributed by atoms with van der Waals surface area (Å²) in [6.45, 7) is 5.82. The number of halogens is 4. The Morgan fingerprint density at radius 1 is 0.515 bits per heavy atom. The number of anilines is 4. The number of para-hydroxylation sites is 2. The number of nitrogens with zero attached hydrogens (tertiary/aromatic N) is 4. The number of Topliss-reactive ketones (excluding diaryl/α,β-unsaturated/α-hetero) is 2. The van der Waals surface area contributed by atoms with Crippen molar-refractivity contribution >= 4 is 116 Å². The molecular weight excluding hydrogens is 934 g/mol. The van der Waals surface area contributed by atoms with Crippen molar-refractivity contribution in [2.24, 2.45) is 20.5 Å². The van der Waals surface area contributed by atoms with Gasteiger partial charge in [0.05, 0.1) is 68.9 Å².